The predicted molar refractivity (Wildman–Crippen MR) is 76.0 cm³/mol. The molecule has 1 atom stereocenters. The zero-order valence-electron chi connectivity index (χ0n) is 11.7. The highest BCUT2D eigenvalue weighted by molar-refractivity contribution is 5.76. The van der Waals surface area contributed by atoms with Gasteiger partial charge in [0.05, 0.1) is 12.5 Å². The van der Waals surface area contributed by atoms with Crippen LogP contribution >= 0.6 is 0 Å². The molecule has 0 bridgehead atoms. The van der Waals surface area contributed by atoms with E-state index in [1.165, 1.54) is 0 Å². The standard InChI is InChI=1S/C16H19NO3/c1-11-8-14(12(2)20-11)10-17-16(19)9-15(18)13-6-4-3-5-7-13/h3-8,15,18H,9-10H2,1-2H3,(H,17,19). The summed E-state index contributed by atoms with van der Waals surface area (Å²) in [5.41, 5.74) is 1.71. The van der Waals surface area contributed by atoms with Gasteiger partial charge in [0.1, 0.15) is 11.5 Å². The summed E-state index contributed by atoms with van der Waals surface area (Å²) in [4.78, 5) is 11.8. The summed E-state index contributed by atoms with van der Waals surface area (Å²) < 4.78 is 5.40. The first-order chi connectivity index (χ1) is 9.56. The lowest BCUT2D eigenvalue weighted by molar-refractivity contribution is -0.123. The summed E-state index contributed by atoms with van der Waals surface area (Å²) in [6.07, 6.45) is -0.719. The van der Waals surface area contributed by atoms with Gasteiger partial charge in [0.2, 0.25) is 5.91 Å². The summed E-state index contributed by atoms with van der Waals surface area (Å²) >= 11 is 0. The van der Waals surface area contributed by atoms with Crippen molar-refractivity contribution in [1.82, 2.24) is 5.32 Å². The molecule has 0 spiro atoms. The third-order valence-corrected chi connectivity index (χ3v) is 3.18. The number of aryl methyl sites for hydroxylation is 2. The van der Waals surface area contributed by atoms with E-state index in [9.17, 15) is 9.90 Å². The maximum absolute atomic E-state index is 11.8. The number of hydrogen-bond acceptors (Lipinski definition) is 3. The van der Waals surface area contributed by atoms with Crippen LogP contribution in [0.4, 0.5) is 0 Å². The lowest BCUT2D eigenvalue weighted by atomic mass is 10.1. The van der Waals surface area contributed by atoms with Crippen molar-refractivity contribution in [2.45, 2.75) is 32.9 Å². The van der Waals surface area contributed by atoms with Gasteiger partial charge in [-0.1, -0.05) is 30.3 Å². The Kier molecular flexibility index (Phi) is 4.58. The predicted octanol–water partition coefficient (Wildman–Crippen LogP) is 2.64. The molecular weight excluding hydrogens is 254 g/mol. The summed E-state index contributed by atoms with van der Waals surface area (Å²) in [6.45, 7) is 4.16. The molecule has 2 aromatic rings. The van der Waals surface area contributed by atoms with E-state index < -0.39 is 6.10 Å². The fourth-order valence-electron chi connectivity index (χ4n) is 2.09. The number of furan rings is 1. The van der Waals surface area contributed by atoms with Crippen LogP contribution in [0.2, 0.25) is 0 Å². The Morgan fingerprint density at radius 3 is 2.60 bits per heavy atom. The number of hydrogen-bond donors (Lipinski definition) is 2. The van der Waals surface area contributed by atoms with Gasteiger partial charge in [0.15, 0.2) is 0 Å². The Morgan fingerprint density at radius 2 is 2.00 bits per heavy atom. The van der Waals surface area contributed by atoms with Gasteiger partial charge in [-0.25, -0.2) is 0 Å². The topological polar surface area (TPSA) is 62.5 Å². The van der Waals surface area contributed by atoms with Crippen LogP contribution in [0.15, 0.2) is 40.8 Å². The minimum atomic E-state index is -0.775. The first-order valence-corrected chi connectivity index (χ1v) is 6.62. The molecule has 0 saturated carbocycles. The summed E-state index contributed by atoms with van der Waals surface area (Å²) in [6, 6.07) is 11.1. The van der Waals surface area contributed by atoms with E-state index in [0.717, 1.165) is 22.6 Å². The number of rotatable bonds is 5. The van der Waals surface area contributed by atoms with Crippen molar-refractivity contribution in [3.63, 3.8) is 0 Å². The van der Waals surface area contributed by atoms with Crippen LogP contribution in [0, 0.1) is 13.8 Å². The molecular formula is C16H19NO3. The van der Waals surface area contributed by atoms with E-state index in [2.05, 4.69) is 5.32 Å². The van der Waals surface area contributed by atoms with Crippen molar-refractivity contribution in [2.24, 2.45) is 0 Å². The van der Waals surface area contributed by atoms with Gasteiger partial charge in [-0.3, -0.25) is 4.79 Å². The molecule has 1 unspecified atom stereocenters. The van der Waals surface area contributed by atoms with Gasteiger partial charge in [-0.2, -0.15) is 0 Å². The highest BCUT2D eigenvalue weighted by Crippen LogP contribution is 2.16. The minimum Gasteiger partial charge on any atom is -0.466 e. The van der Waals surface area contributed by atoms with E-state index in [0.29, 0.717) is 6.54 Å². The van der Waals surface area contributed by atoms with Crippen molar-refractivity contribution in [3.8, 4) is 0 Å². The average Bonchev–Trinajstić information content (AvgIpc) is 2.75. The molecule has 1 aromatic carbocycles. The number of benzene rings is 1. The number of aliphatic hydroxyl groups is 1. The Hall–Kier alpha value is -2.07. The Morgan fingerprint density at radius 1 is 1.30 bits per heavy atom. The Bertz CT molecular complexity index is 575. The SMILES string of the molecule is Cc1cc(CNC(=O)CC(O)c2ccccc2)c(C)o1. The first kappa shape index (κ1) is 14.3. The molecule has 0 aliphatic heterocycles. The third-order valence-electron chi connectivity index (χ3n) is 3.18. The molecule has 1 heterocycles. The molecule has 0 aliphatic rings. The number of carbonyl (C=O) groups is 1. The zero-order chi connectivity index (χ0) is 14.5. The largest absolute Gasteiger partial charge is 0.466 e. The van der Waals surface area contributed by atoms with E-state index in [4.69, 9.17) is 4.42 Å². The van der Waals surface area contributed by atoms with Crippen molar-refractivity contribution >= 4 is 5.91 Å². The van der Waals surface area contributed by atoms with Gasteiger partial charge >= 0.3 is 0 Å². The smallest absolute Gasteiger partial charge is 0.223 e. The van der Waals surface area contributed by atoms with Crippen LogP contribution in [0.5, 0.6) is 0 Å². The van der Waals surface area contributed by atoms with E-state index in [1.807, 2.05) is 50.2 Å². The lowest BCUT2D eigenvalue weighted by Crippen LogP contribution is -2.24. The molecule has 2 rings (SSSR count). The molecule has 0 saturated heterocycles. The maximum Gasteiger partial charge on any atom is 0.223 e. The molecule has 20 heavy (non-hydrogen) atoms. The quantitative estimate of drug-likeness (QED) is 0.880. The van der Waals surface area contributed by atoms with Gasteiger partial charge in [-0.15, -0.1) is 0 Å². The molecule has 0 radical (unpaired) electrons. The monoisotopic (exact) mass is 273 g/mol. The second-order valence-corrected chi connectivity index (χ2v) is 4.85. The van der Waals surface area contributed by atoms with Crippen LogP contribution in [0.3, 0.4) is 0 Å². The molecule has 0 aliphatic carbocycles. The zero-order valence-corrected chi connectivity index (χ0v) is 11.7. The van der Waals surface area contributed by atoms with Crippen molar-refractivity contribution in [2.75, 3.05) is 0 Å². The van der Waals surface area contributed by atoms with Crippen LogP contribution in [0.25, 0.3) is 0 Å². The third kappa shape index (κ3) is 3.71. The van der Waals surface area contributed by atoms with E-state index in [1.54, 1.807) is 0 Å². The number of aliphatic hydroxyl groups excluding tert-OH is 1. The Balaban J connectivity index is 1.85. The highest BCUT2D eigenvalue weighted by Gasteiger charge is 2.13. The summed E-state index contributed by atoms with van der Waals surface area (Å²) in [5.74, 6) is 1.46. The fourth-order valence-corrected chi connectivity index (χ4v) is 2.09. The van der Waals surface area contributed by atoms with Gasteiger partial charge in [-0.05, 0) is 25.5 Å². The average molecular weight is 273 g/mol. The Labute approximate surface area is 118 Å². The van der Waals surface area contributed by atoms with Gasteiger partial charge in [0, 0.05) is 12.1 Å². The van der Waals surface area contributed by atoms with E-state index >= 15 is 0 Å². The van der Waals surface area contributed by atoms with Gasteiger partial charge in [0.25, 0.3) is 0 Å². The second kappa shape index (κ2) is 6.39. The van der Waals surface area contributed by atoms with Crippen LogP contribution in [-0.4, -0.2) is 11.0 Å². The summed E-state index contributed by atoms with van der Waals surface area (Å²) in [7, 11) is 0. The lowest BCUT2D eigenvalue weighted by Gasteiger charge is -2.11. The molecule has 0 fully saturated rings. The second-order valence-electron chi connectivity index (χ2n) is 4.85. The van der Waals surface area contributed by atoms with Crippen molar-refractivity contribution in [3.05, 3.63) is 59.0 Å². The van der Waals surface area contributed by atoms with Crippen molar-refractivity contribution in [1.29, 1.82) is 0 Å². The van der Waals surface area contributed by atoms with Crippen molar-refractivity contribution < 1.29 is 14.3 Å². The van der Waals surface area contributed by atoms with Crippen LogP contribution < -0.4 is 5.32 Å². The molecule has 2 N–H and O–H groups in total. The van der Waals surface area contributed by atoms with Gasteiger partial charge < -0.3 is 14.8 Å². The van der Waals surface area contributed by atoms with Crippen LogP contribution in [0.1, 0.15) is 35.2 Å². The number of amides is 1. The molecule has 1 aromatic heterocycles. The van der Waals surface area contributed by atoms with E-state index in [-0.39, 0.29) is 12.3 Å². The number of nitrogens with one attached hydrogen (secondary N) is 1. The highest BCUT2D eigenvalue weighted by atomic mass is 16.3. The molecule has 106 valence electrons. The van der Waals surface area contributed by atoms with Crippen LogP contribution in [-0.2, 0) is 11.3 Å². The maximum atomic E-state index is 11.8. The normalized spacial score (nSPS) is 12.2. The molecule has 4 heteroatoms. The first-order valence-electron chi connectivity index (χ1n) is 6.62. The summed E-state index contributed by atoms with van der Waals surface area (Å²) in [5, 5.41) is 12.8. The molecule has 4 nitrogen and oxygen atoms in total. The fraction of sp³-hybridized carbons (Fsp3) is 0.312. The number of carbonyl (C=O) groups excluding carboxylic acids is 1. The molecule has 1 amide bonds. The minimum absolute atomic E-state index is 0.0555.